The first-order chi connectivity index (χ1) is 19.6. The van der Waals surface area contributed by atoms with E-state index in [1.807, 2.05) is 6.92 Å². The maximum atomic E-state index is 13.8. The Bertz CT molecular complexity index is 1160. The molecular weight excluding hydrogens is 540 g/mol. The lowest BCUT2D eigenvalue weighted by molar-refractivity contribution is -0.314. The molecule has 4 aliphatic rings. The van der Waals surface area contributed by atoms with Crippen molar-refractivity contribution < 1.29 is 57.8 Å². The molecule has 10 atom stereocenters. The quantitative estimate of drug-likeness (QED) is 0.243. The fourth-order valence-electron chi connectivity index (χ4n) is 7.17. The van der Waals surface area contributed by atoms with Crippen molar-refractivity contribution in [2.45, 2.75) is 95.8 Å². The minimum atomic E-state index is -1.57. The summed E-state index contributed by atoms with van der Waals surface area (Å²) in [7, 11) is 0. The standard InChI is InChI=1S/C29H38O12/c1-14-9-20(39-27-26(38-16(3)32)25(34)24(33)22(11-30)40-27)23-18(13-37-15(2)31)5-4-6-19(23)29(14)10-21(41-28(29)35)17-7-8-36-12-17/h7-8,12,14,19-22,24-27,30,33-34H,4-6,9-11,13H2,1-3H3/t14-,19+,20?,21?,22+,24+,25-,26+,27+,29-/m0/s1. The predicted molar refractivity (Wildman–Crippen MR) is 138 cm³/mol. The van der Waals surface area contributed by atoms with E-state index in [2.05, 4.69) is 0 Å². The van der Waals surface area contributed by atoms with Gasteiger partial charge in [0, 0.05) is 25.8 Å². The molecule has 0 aromatic carbocycles. The first-order valence-corrected chi connectivity index (χ1v) is 14.1. The third-order valence-corrected chi connectivity index (χ3v) is 9.11. The van der Waals surface area contributed by atoms with Crippen molar-refractivity contribution in [2.24, 2.45) is 17.3 Å². The molecule has 12 heteroatoms. The SMILES string of the molecule is CC(=O)OCC1=C2C(O[C@@H]3O[C@H](CO)[C@@H](O)[C@H](O)[C@H]3OC(C)=O)C[C@H](C)[C@@]3(CC(c4ccoc4)OC3=O)[C@@H]2CCC1. The Balaban J connectivity index is 1.52. The van der Waals surface area contributed by atoms with Crippen LogP contribution in [-0.4, -0.2) is 83.3 Å². The molecule has 0 amide bonds. The van der Waals surface area contributed by atoms with E-state index in [0.717, 1.165) is 23.1 Å². The van der Waals surface area contributed by atoms with Crippen LogP contribution in [0.25, 0.3) is 0 Å². The van der Waals surface area contributed by atoms with Crippen molar-refractivity contribution >= 4 is 17.9 Å². The average Bonchev–Trinajstić information content (AvgIpc) is 3.58. The first-order valence-electron chi connectivity index (χ1n) is 14.1. The van der Waals surface area contributed by atoms with Crippen LogP contribution < -0.4 is 0 Å². The maximum Gasteiger partial charge on any atom is 0.313 e. The van der Waals surface area contributed by atoms with Crippen LogP contribution in [0.2, 0.25) is 0 Å². The van der Waals surface area contributed by atoms with Crippen LogP contribution in [-0.2, 0) is 38.1 Å². The zero-order valence-corrected chi connectivity index (χ0v) is 23.4. The maximum absolute atomic E-state index is 13.8. The second kappa shape index (κ2) is 11.8. The van der Waals surface area contributed by atoms with E-state index in [4.69, 9.17) is 28.1 Å². The van der Waals surface area contributed by atoms with Crippen molar-refractivity contribution in [1.29, 1.82) is 0 Å². The Kier molecular flexibility index (Phi) is 8.58. The zero-order valence-electron chi connectivity index (χ0n) is 23.4. The van der Waals surface area contributed by atoms with Crippen molar-refractivity contribution in [3.05, 3.63) is 35.3 Å². The number of furan rings is 1. The highest BCUT2D eigenvalue weighted by molar-refractivity contribution is 5.81. The van der Waals surface area contributed by atoms with E-state index in [1.165, 1.54) is 13.8 Å². The molecule has 2 aliphatic carbocycles. The average molecular weight is 579 g/mol. The minimum absolute atomic E-state index is 0.0329. The molecule has 2 saturated heterocycles. The highest BCUT2D eigenvalue weighted by Gasteiger charge is 2.63. The smallest absolute Gasteiger partial charge is 0.313 e. The zero-order chi connectivity index (χ0) is 29.5. The molecular formula is C29H38O12. The Hall–Kier alpha value is -2.77. The summed E-state index contributed by atoms with van der Waals surface area (Å²) in [6.45, 7) is 3.91. The summed E-state index contributed by atoms with van der Waals surface area (Å²) in [6.07, 6.45) is -2.06. The molecule has 5 rings (SSSR count). The van der Waals surface area contributed by atoms with Crippen LogP contribution in [0, 0.1) is 17.3 Å². The summed E-state index contributed by atoms with van der Waals surface area (Å²) in [4.78, 5) is 37.4. The molecule has 2 aliphatic heterocycles. The number of hydrogen-bond acceptors (Lipinski definition) is 12. The monoisotopic (exact) mass is 578 g/mol. The molecule has 3 N–H and O–H groups in total. The van der Waals surface area contributed by atoms with E-state index >= 15 is 0 Å². The van der Waals surface area contributed by atoms with Gasteiger partial charge in [-0.2, -0.15) is 0 Å². The third-order valence-electron chi connectivity index (χ3n) is 9.11. The molecule has 0 radical (unpaired) electrons. The predicted octanol–water partition coefficient (Wildman–Crippen LogP) is 1.71. The molecule has 3 heterocycles. The van der Waals surface area contributed by atoms with Crippen LogP contribution >= 0.6 is 0 Å². The van der Waals surface area contributed by atoms with Gasteiger partial charge in [0.25, 0.3) is 0 Å². The first kappa shape index (κ1) is 29.7. The van der Waals surface area contributed by atoms with E-state index in [9.17, 15) is 29.7 Å². The lowest BCUT2D eigenvalue weighted by Crippen LogP contribution is -2.61. The molecule has 2 unspecified atom stereocenters. The summed E-state index contributed by atoms with van der Waals surface area (Å²) in [5, 5.41) is 30.9. The van der Waals surface area contributed by atoms with Gasteiger partial charge in [0.2, 0.25) is 0 Å². The minimum Gasteiger partial charge on any atom is -0.472 e. The summed E-state index contributed by atoms with van der Waals surface area (Å²) in [5.74, 6) is -1.94. The number of carbonyl (C=O) groups is 3. The van der Waals surface area contributed by atoms with Crippen molar-refractivity contribution in [3.8, 4) is 0 Å². The summed E-state index contributed by atoms with van der Waals surface area (Å²) in [5.41, 5.74) is 1.58. The number of rotatable bonds is 7. The van der Waals surface area contributed by atoms with Gasteiger partial charge in [-0.05, 0) is 54.7 Å². The fraction of sp³-hybridized carbons (Fsp3) is 0.690. The number of cyclic esters (lactones) is 1. The topological polar surface area (TPSA) is 171 Å². The van der Waals surface area contributed by atoms with Crippen molar-refractivity contribution in [3.63, 3.8) is 0 Å². The molecule has 1 saturated carbocycles. The highest BCUT2D eigenvalue weighted by Crippen LogP contribution is 2.61. The fourth-order valence-corrected chi connectivity index (χ4v) is 7.17. The third kappa shape index (κ3) is 5.43. The lowest BCUT2D eigenvalue weighted by Gasteiger charge is -2.51. The molecule has 226 valence electrons. The Morgan fingerprint density at radius 1 is 1.17 bits per heavy atom. The van der Waals surface area contributed by atoms with Gasteiger partial charge in [0.05, 0.1) is 30.7 Å². The molecule has 0 bridgehead atoms. The van der Waals surface area contributed by atoms with Crippen molar-refractivity contribution in [2.75, 3.05) is 13.2 Å². The van der Waals surface area contributed by atoms with Gasteiger partial charge in [0.15, 0.2) is 12.4 Å². The van der Waals surface area contributed by atoms with E-state index < -0.39 is 66.9 Å². The Labute approximate surface area is 237 Å². The van der Waals surface area contributed by atoms with Crippen LogP contribution in [0.5, 0.6) is 0 Å². The van der Waals surface area contributed by atoms with E-state index in [-0.39, 0.29) is 24.4 Å². The van der Waals surface area contributed by atoms with Crippen LogP contribution in [0.1, 0.15) is 64.5 Å². The normalized spacial score (nSPS) is 38.9. The van der Waals surface area contributed by atoms with Gasteiger partial charge in [-0.25, -0.2) is 0 Å². The van der Waals surface area contributed by atoms with Gasteiger partial charge >= 0.3 is 17.9 Å². The number of esters is 3. The number of ether oxygens (including phenoxy) is 5. The Morgan fingerprint density at radius 3 is 2.61 bits per heavy atom. The second-order valence-electron chi connectivity index (χ2n) is 11.5. The lowest BCUT2D eigenvalue weighted by atomic mass is 9.53. The summed E-state index contributed by atoms with van der Waals surface area (Å²) >= 11 is 0. The number of fused-ring (bicyclic) bond motifs is 2. The molecule has 1 spiro atoms. The van der Waals surface area contributed by atoms with E-state index in [1.54, 1.807) is 18.6 Å². The molecule has 1 aromatic rings. The highest BCUT2D eigenvalue weighted by atomic mass is 16.7. The van der Waals surface area contributed by atoms with Crippen LogP contribution in [0.3, 0.4) is 0 Å². The molecule has 3 fully saturated rings. The Morgan fingerprint density at radius 2 is 1.95 bits per heavy atom. The van der Waals surface area contributed by atoms with Gasteiger partial charge in [-0.1, -0.05) is 6.92 Å². The van der Waals surface area contributed by atoms with Gasteiger partial charge in [-0.3, -0.25) is 14.4 Å². The van der Waals surface area contributed by atoms with Gasteiger partial charge in [0.1, 0.15) is 31.0 Å². The van der Waals surface area contributed by atoms with Crippen molar-refractivity contribution in [1.82, 2.24) is 0 Å². The number of hydrogen-bond donors (Lipinski definition) is 3. The number of carbonyl (C=O) groups excluding carboxylic acids is 3. The largest absolute Gasteiger partial charge is 0.472 e. The number of aliphatic hydroxyl groups excluding tert-OH is 3. The number of aliphatic hydroxyl groups is 3. The van der Waals surface area contributed by atoms with Gasteiger partial charge < -0.3 is 43.4 Å². The molecule has 41 heavy (non-hydrogen) atoms. The van der Waals surface area contributed by atoms with E-state index in [0.29, 0.717) is 25.7 Å². The van der Waals surface area contributed by atoms with Crippen LogP contribution in [0.4, 0.5) is 0 Å². The van der Waals surface area contributed by atoms with Crippen LogP contribution in [0.15, 0.2) is 34.2 Å². The van der Waals surface area contributed by atoms with Gasteiger partial charge in [-0.15, -0.1) is 0 Å². The molecule has 12 nitrogen and oxygen atoms in total. The summed E-state index contributed by atoms with van der Waals surface area (Å²) in [6, 6.07) is 1.78. The molecule has 1 aromatic heterocycles. The second-order valence-corrected chi connectivity index (χ2v) is 11.5. The summed E-state index contributed by atoms with van der Waals surface area (Å²) < 4.78 is 34.2.